The van der Waals surface area contributed by atoms with Gasteiger partial charge in [-0.25, -0.2) is 4.85 Å². The molecule has 0 spiro atoms. The number of aromatic nitrogens is 1. The number of hydrogen-bond acceptors (Lipinski definition) is 1. The number of rotatable bonds is 2. The van der Waals surface area contributed by atoms with E-state index in [-0.39, 0.29) is 11.6 Å². The molecule has 0 fully saturated rings. The average molecular weight is 436 g/mol. The number of hydrogen-bond donors (Lipinski definition) is 0. The van der Waals surface area contributed by atoms with Gasteiger partial charge in [0.25, 0.3) is 0 Å². The standard InChI is InChI=1S/C30H27N2O/c1-17-8-11-22(12-9-17)28-25(31-6)15-14-24-23-13-10-18(2)27(29(23)33-30(24)28)26-16-19(3)20(4)21(5)32(26)7/h8-16H,1-5,7H3/q+1/i4D3,16D. The van der Waals surface area contributed by atoms with Crippen molar-refractivity contribution in [3.8, 4) is 22.4 Å². The van der Waals surface area contributed by atoms with Gasteiger partial charge in [-0.1, -0.05) is 54.1 Å². The molecule has 0 aliphatic heterocycles. The van der Waals surface area contributed by atoms with Gasteiger partial charge in [0, 0.05) is 39.0 Å². The van der Waals surface area contributed by atoms with E-state index in [1.54, 1.807) is 25.5 Å². The number of nitrogens with zero attached hydrogens (tertiary/aromatic N) is 2. The molecule has 162 valence electrons. The van der Waals surface area contributed by atoms with Gasteiger partial charge in [0.05, 0.1) is 13.5 Å². The summed E-state index contributed by atoms with van der Waals surface area (Å²) in [6.07, 6.45) is 0. The Hall–Kier alpha value is -3.90. The molecule has 0 atom stereocenters. The Morgan fingerprint density at radius 2 is 1.55 bits per heavy atom. The predicted octanol–water partition coefficient (Wildman–Crippen LogP) is 7.84. The third kappa shape index (κ3) is 3.14. The number of benzene rings is 3. The smallest absolute Gasteiger partial charge is 0.216 e. The van der Waals surface area contributed by atoms with Crippen LogP contribution in [-0.4, -0.2) is 0 Å². The molecule has 0 aliphatic carbocycles. The Bertz CT molecular complexity index is 1740. The van der Waals surface area contributed by atoms with Gasteiger partial charge in [-0.2, -0.15) is 4.57 Å². The third-order valence-corrected chi connectivity index (χ3v) is 6.57. The minimum Gasteiger partial charge on any atom is -0.456 e. The number of fused-ring (bicyclic) bond motifs is 3. The first-order chi connectivity index (χ1) is 17.5. The highest BCUT2D eigenvalue weighted by Crippen LogP contribution is 2.44. The van der Waals surface area contributed by atoms with Crippen LogP contribution < -0.4 is 4.57 Å². The lowest BCUT2D eigenvalue weighted by Crippen LogP contribution is -2.36. The summed E-state index contributed by atoms with van der Waals surface area (Å²) in [5, 5.41) is 1.77. The Morgan fingerprint density at radius 1 is 0.879 bits per heavy atom. The lowest BCUT2D eigenvalue weighted by molar-refractivity contribution is -0.667. The Kier molecular flexibility index (Phi) is 3.85. The molecule has 5 aromatic rings. The SMILES string of the molecule is [2H]c1c(C)c(C([2H])([2H])[2H])c(C)[n+](C)c1-c1c(C)ccc2c1oc1c(-c3ccc(C)cc3)c([N+]#[C-])ccc12. The van der Waals surface area contributed by atoms with Crippen molar-refractivity contribution < 1.29 is 14.5 Å². The fraction of sp³-hybridized carbons (Fsp3) is 0.200. The van der Waals surface area contributed by atoms with Gasteiger partial charge in [-0.3, -0.25) is 0 Å². The van der Waals surface area contributed by atoms with Gasteiger partial charge in [-0.15, -0.1) is 0 Å². The summed E-state index contributed by atoms with van der Waals surface area (Å²) in [4.78, 5) is 3.77. The molecule has 3 nitrogen and oxygen atoms in total. The normalized spacial score (nSPS) is 13.5. The summed E-state index contributed by atoms with van der Waals surface area (Å²) in [6, 6.07) is 16.0. The Balaban J connectivity index is 1.92. The zero-order valence-corrected chi connectivity index (χ0v) is 19.4. The quantitative estimate of drug-likeness (QED) is 0.204. The van der Waals surface area contributed by atoms with Crippen LogP contribution in [0.2, 0.25) is 0 Å². The highest BCUT2D eigenvalue weighted by molar-refractivity contribution is 6.15. The summed E-state index contributed by atoms with van der Waals surface area (Å²) in [5.41, 5.74) is 8.04. The fourth-order valence-electron chi connectivity index (χ4n) is 4.54. The van der Waals surface area contributed by atoms with Crippen molar-refractivity contribution in [2.45, 2.75) is 34.5 Å². The first-order valence-corrected chi connectivity index (χ1v) is 10.9. The molecule has 0 saturated carbocycles. The Morgan fingerprint density at radius 3 is 2.21 bits per heavy atom. The van der Waals surface area contributed by atoms with Gasteiger partial charge in [0.1, 0.15) is 18.2 Å². The molecule has 0 amide bonds. The largest absolute Gasteiger partial charge is 0.456 e. The second-order valence-corrected chi connectivity index (χ2v) is 8.67. The summed E-state index contributed by atoms with van der Waals surface area (Å²) < 4.78 is 41.5. The molecule has 5 rings (SSSR count). The van der Waals surface area contributed by atoms with E-state index in [1.807, 2.05) is 62.4 Å². The summed E-state index contributed by atoms with van der Waals surface area (Å²) in [5.74, 6) is 0. The maximum atomic E-state index is 9.01. The van der Waals surface area contributed by atoms with Crippen LogP contribution in [0.5, 0.6) is 0 Å². The minimum atomic E-state index is -2.32. The maximum Gasteiger partial charge on any atom is 0.216 e. The van der Waals surface area contributed by atoms with E-state index in [2.05, 4.69) is 4.85 Å². The van der Waals surface area contributed by atoms with Crippen LogP contribution in [0.15, 0.2) is 59.0 Å². The van der Waals surface area contributed by atoms with Crippen molar-refractivity contribution in [3.05, 3.63) is 93.9 Å². The van der Waals surface area contributed by atoms with Crippen LogP contribution in [0, 0.1) is 41.1 Å². The molecule has 0 N–H and O–H groups in total. The van der Waals surface area contributed by atoms with Gasteiger partial charge in [0.15, 0.2) is 11.4 Å². The highest BCUT2D eigenvalue weighted by Gasteiger charge is 2.25. The molecule has 0 saturated heterocycles. The van der Waals surface area contributed by atoms with Crippen molar-refractivity contribution in [1.82, 2.24) is 0 Å². The van der Waals surface area contributed by atoms with Gasteiger partial charge in [0.2, 0.25) is 5.69 Å². The molecule has 3 heteroatoms. The van der Waals surface area contributed by atoms with E-state index < -0.39 is 6.85 Å². The summed E-state index contributed by atoms with van der Waals surface area (Å²) >= 11 is 0. The van der Waals surface area contributed by atoms with Crippen molar-refractivity contribution in [2.75, 3.05) is 0 Å². The number of pyridine rings is 1. The van der Waals surface area contributed by atoms with Crippen molar-refractivity contribution >= 4 is 27.6 Å². The third-order valence-electron chi connectivity index (χ3n) is 6.57. The van der Waals surface area contributed by atoms with Gasteiger partial charge in [-0.05, 0) is 44.3 Å². The van der Waals surface area contributed by atoms with Crippen molar-refractivity contribution in [1.29, 1.82) is 0 Å². The molecule has 0 radical (unpaired) electrons. The fourth-order valence-corrected chi connectivity index (χ4v) is 4.54. The molecule has 33 heavy (non-hydrogen) atoms. The van der Waals surface area contributed by atoms with Crippen LogP contribution in [0.25, 0.3) is 49.2 Å². The van der Waals surface area contributed by atoms with E-state index in [1.165, 1.54) is 0 Å². The molecule has 2 heterocycles. The van der Waals surface area contributed by atoms with E-state index in [9.17, 15) is 0 Å². The van der Waals surface area contributed by atoms with Crippen LogP contribution in [0.1, 0.15) is 33.4 Å². The number of furan rings is 1. The molecule has 2 aromatic heterocycles. The van der Waals surface area contributed by atoms with Gasteiger partial charge >= 0.3 is 0 Å². The highest BCUT2D eigenvalue weighted by atomic mass is 16.3. The molecule has 3 aromatic carbocycles. The first kappa shape index (κ1) is 16.7. The lowest BCUT2D eigenvalue weighted by atomic mass is 9.96. The second kappa shape index (κ2) is 7.60. The average Bonchev–Trinajstić information content (AvgIpc) is 3.22. The van der Waals surface area contributed by atoms with E-state index in [4.69, 9.17) is 16.5 Å². The lowest BCUT2D eigenvalue weighted by Gasteiger charge is -2.10. The molecular formula is C30H27N2O+. The summed E-state index contributed by atoms with van der Waals surface area (Å²) in [7, 11) is 1.80. The monoisotopic (exact) mass is 435 g/mol. The predicted molar refractivity (Wildman–Crippen MR) is 136 cm³/mol. The topological polar surface area (TPSA) is 21.4 Å². The second-order valence-electron chi connectivity index (χ2n) is 8.67. The first-order valence-electron chi connectivity index (χ1n) is 12.9. The molecule has 0 unspecified atom stereocenters. The van der Waals surface area contributed by atoms with E-state index in [0.717, 1.165) is 38.6 Å². The minimum absolute atomic E-state index is 0.163. The van der Waals surface area contributed by atoms with E-state index in [0.29, 0.717) is 33.8 Å². The molecular weight excluding hydrogens is 404 g/mol. The maximum absolute atomic E-state index is 9.01. The Labute approximate surface area is 200 Å². The van der Waals surface area contributed by atoms with E-state index >= 15 is 0 Å². The van der Waals surface area contributed by atoms with Crippen LogP contribution >= 0.6 is 0 Å². The summed E-state index contributed by atoms with van der Waals surface area (Å²) in [6.45, 7) is 12.9. The number of aryl methyl sites for hydroxylation is 2. The molecule has 0 aliphatic rings. The zero-order chi connectivity index (χ0) is 26.8. The van der Waals surface area contributed by atoms with Crippen LogP contribution in [0.3, 0.4) is 0 Å². The van der Waals surface area contributed by atoms with Crippen molar-refractivity contribution in [3.63, 3.8) is 0 Å². The van der Waals surface area contributed by atoms with Crippen LogP contribution in [-0.2, 0) is 7.05 Å². The van der Waals surface area contributed by atoms with Crippen molar-refractivity contribution in [2.24, 2.45) is 7.05 Å². The zero-order valence-electron chi connectivity index (χ0n) is 23.4. The van der Waals surface area contributed by atoms with Gasteiger partial charge < -0.3 is 4.42 Å². The molecule has 0 bridgehead atoms. The van der Waals surface area contributed by atoms with Crippen LogP contribution in [0.4, 0.5) is 5.69 Å².